The van der Waals surface area contributed by atoms with Gasteiger partial charge in [0.2, 0.25) is 0 Å². The van der Waals surface area contributed by atoms with Crippen LogP contribution in [0.25, 0.3) is 0 Å². The minimum atomic E-state index is -0.632. The maximum atomic E-state index is 13.0. The van der Waals surface area contributed by atoms with Gasteiger partial charge >= 0.3 is 0 Å². The average Bonchev–Trinajstić information content (AvgIpc) is 2.36. The number of nitrogens with zero attached hydrogens (tertiary/aromatic N) is 2. The summed E-state index contributed by atoms with van der Waals surface area (Å²) in [5, 5.41) is 9.11. The second-order valence-electron chi connectivity index (χ2n) is 3.95. The first kappa shape index (κ1) is 12.2. The first-order chi connectivity index (χ1) is 8.69. The van der Waals surface area contributed by atoms with Gasteiger partial charge in [-0.05, 0) is 35.7 Å². The molecule has 0 aliphatic heterocycles. The lowest BCUT2D eigenvalue weighted by atomic mass is 9.94. The van der Waals surface area contributed by atoms with Crippen LogP contribution in [0, 0.1) is 23.0 Å². The molecule has 2 rings (SSSR count). The second kappa shape index (κ2) is 5.37. The zero-order valence-electron chi connectivity index (χ0n) is 9.48. The van der Waals surface area contributed by atoms with Gasteiger partial charge in [-0.1, -0.05) is 6.07 Å². The molecule has 0 radical (unpaired) electrons. The smallest absolute Gasteiger partial charge is 0.126 e. The quantitative estimate of drug-likeness (QED) is 0.831. The van der Waals surface area contributed by atoms with E-state index < -0.39 is 17.6 Å². The number of hydrogen-bond donors (Lipinski definition) is 0. The van der Waals surface area contributed by atoms with Crippen molar-refractivity contribution in [3.8, 4) is 6.07 Å². The summed E-state index contributed by atoms with van der Waals surface area (Å²) >= 11 is 0. The lowest BCUT2D eigenvalue weighted by Crippen LogP contribution is -2.01. The molecule has 0 spiro atoms. The van der Waals surface area contributed by atoms with Crippen LogP contribution in [0.15, 0.2) is 42.7 Å². The molecule has 0 fully saturated rings. The Hall–Kier alpha value is -2.28. The molecule has 90 valence electrons. The van der Waals surface area contributed by atoms with Gasteiger partial charge in [0.15, 0.2) is 0 Å². The molecule has 1 atom stereocenters. The molecule has 1 aromatic heterocycles. The molecule has 4 heteroatoms. The zero-order chi connectivity index (χ0) is 13.0. The Labute approximate surface area is 104 Å². The molecule has 0 amide bonds. The van der Waals surface area contributed by atoms with Crippen LogP contribution < -0.4 is 0 Å². The van der Waals surface area contributed by atoms with E-state index in [1.54, 1.807) is 24.5 Å². The molecule has 0 aliphatic rings. The maximum Gasteiger partial charge on any atom is 0.126 e. The summed E-state index contributed by atoms with van der Waals surface area (Å²) in [5.74, 6) is -1.72. The molecular weight excluding hydrogens is 234 g/mol. The fourth-order valence-electron chi connectivity index (χ4n) is 1.78. The van der Waals surface area contributed by atoms with E-state index in [0.29, 0.717) is 5.56 Å². The molecule has 1 unspecified atom stereocenters. The van der Waals surface area contributed by atoms with Crippen molar-refractivity contribution in [2.45, 2.75) is 12.3 Å². The van der Waals surface area contributed by atoms with E-state index >= 15 is 0 Å². The van der Waals surface area contributed by atoms with Gasteiger partial charge in [-0.2, -0.15) is 5.26 Å². The minimum Gasteiger partial charge on any atom is -0.264 e. The van der Waals surface area contributed by atoms with Gasteiger partial charge < -0.3 is 0 Å². The lowest BCUT2D eigenvalue weighted by Gasteiger charge is -2.09. The third-order valence-corrected chi connectivity index (χ3v) is 2.60. The number of hydrogen-bond acceptors (Lipinski definition) is 2. The summed E-state index contributed by atoms with van der Waals surface area (Å²) < 4.78 is 26.1. The van der Waals surface area contributed by atoms with E-state index in [2.05, 4.69) is 11.1 Å². The summed E-state index contributed by atoms with van der Waals surface area (Å²) in [6.45, 7) is 0. The number of nitriles is 1. The number of pyridine rings is 1. The Morgan fingerprint density at radius 3 is 2.50 bits per heavy atom. The summed E-state index contributed by atoms with van der Waals surface area (Å²) in [7, 11) is 0. The topological polar surface area (TPSA) is 36.7 Å². The Morgan fingerprint density at radius 2 is 1.94 bits per heavy atom. The van der Waals surface area contributed by atoms with Gasteiger partial charge in [-0.15, -0.1) is 0 Å². The molecule has 2 aromatic rings. The zero-order valence-corrected chi connectivity index (χ0v) is 9.48. The van der Waals surface area contributed by atoms with Crippen LogP contribution in [0.3, 0.4) is 0 Å². The van der Waals surface area contributed by atoms with E-state index in [4.69, 9.17) is 5.26 Å². The van der Waals surface area contributed by atoms with E-state index in [0.717, 1.165) is 11.6 Å². The van der Waals surface area contributed by atoms with Gasteiger partial charge in [0.1, 0.15) is 11.6 Å². The molecule has 2 nitrogen and oxygen atoms in total. The standard InChI is InChI=1S/C14H10F2N2/c15-13-5-10(6-14(16)7-13)4-12(8-17)11-2-1-3-18-9-11/h1-3,5-7,9,12H,4H2. The summed E-state index contributed by atoms with van der Waals surface area (Å²) in [5.41, 5.74) is 1.20. The molecule has 1 heterocycles. The molecular formula is C14H10F2N2. The molecule has 0 aliphatic carbocycles. The molecule has 0 saturated heterocycles. The van der Waals surface area contributed by atoms with Crippen LogP contribution in [0.4, 0.5) is 8.78 Å². The van der Waals surface area contributed by atoms with Crippen LogP contribution in [-0.4, -0.2) is 4.98 Å². The fourth-order valence-corrected chi connectivity index (χ4v) is 1.78. The Kier molecular flexibility index (Phi) is 3.63. The van der Waals surface area contributed by atoms with Gasteiger partial charge in [0, 0.05) is 18.5 Å². The van der Waals surface area contributed by atoms with Crippen LogP contribution in [0.5, 0.6) is 0 Å². The lowest BCUT2D eigenvalue weighted by molar-refractivity contribution is 0.578. The maximum absolute atomic E-state index is 13.0. The highest BCUT2D eigenvalue weighted by Crippen LogP contribution is 2.20. The Bertz CT molecular complexity index is 556. The minimum absolute atomic E-state index is 0.261. The van der Waals surface area contributed by atoms with Crippen LogP contribution in [-0.2, 0) is 6.42 Å². The number of aromatic nitrogens is 1. The van der Waals surface area contributed by atoms with Crippen molar-refractivity contribution in [3.63, 3.8) is 0 Å². The Balaban J connectivity index is 2.24. The van der Waals surface area contributed by atoms with Crippen LogP contribution >= 0.6 is 0 Å². The summed E-state index contributed by atoms with van der Waals surface area (Å²) in [6.07, 6.45) is 3.46. The van der Waals surface area contributed by atoms with Crippen molar-refractivity contribution < 1.29 is 8.78 Å². The van der Waals surface area contributed by atoms with E-state index in [1.165, 1.54) is 12.1 Å². The highest BCUT2D eigenvalue weighted by atomic mass is 19.1. The molecule has 0 saturated carbocycles. The van der Waals surface area contributed by atoms with E-state index in [-0.39, 0.29) is 6.42 Å². The van der Waals surface area contributed by atoms with Crippen LogP contribution in [0.2, 0.25) is 0 Å². The van der Waals surface area contributed by atoms with Crippen molar-refractivity contribution in [1.82, 2.24) is 4.98 Å². The first-order valence-corrected chi connectivity index (χ1v) is 5.43. The SMILES string of the molecule is N#CC(Cc1cc(F)cc(F)c1)c1cccnc1. The molecule has 1 aromatic carbocycles. The highest BCUT2D eigenvalue weighted by Gasteiger charge is 2.12. The van der Waals surface area contributed by atoms with Crippen molar-refractivity contribution in [2.75, 3.05) is 0 Å². The van der Waals surface area contributed by atoms with Gasteiger partial charge in [-0.3, -0.25) is 4.98 Å². The number of benzene rings is 1. The first-order valence-electron chi connectivity index (χ1n) is 5.43. The van der Waals surface area contributed by atoms with Crippen molar-refractivity contribution in [3.05, 3.63) is 65.5 Å². The normalized spacial score (nSPS) is 11.8. The molecule has 0 N–H and O–H groups in total. The number of rotatable bonds is 3. The van der Waals surface area contributed by atoms with Gasteiger partial charge in [0.25, 0.3) is 0 Å². The van der Waals surface area contributed by atoms with E-state index in [9.17, 15) is 8.78 Å². The third-order valence-electron chi connectivity index (χ3n) is 2.60. The second-order valence-corrected chi connectivity index (χ2v) is 3.95. The van der Waals surface area contributed by atoms with Gasteiger partial charge in [0.05, 0.1) is 12.0 Å². The monoisotopic (exact) mass is 244 g/mol. The largest absolute Gasteiger partial charge is 0.264 e. The third kappa shape index (κ3) is 2.89. The van der Waals surface area contributed by atoms with Gasteiger partial charge in [-0.25, -0.2) is 8.78 Å². The van der Waals surface area contributed by atoms with Crippen molar-refractivity contribution >= 4 is 0 Å². The average molecular weight is 244 g/mol. The summed E-state index contributed by atoms with van der Waals surface area (Å²) in [4.78, 5) is 3.93. The predicted molar refractivity (Wildman–Crippen MR) is 62.7 cm³/mol. The molecule has 0 bridgehead atoms. The Morgan fingerprint density at radius 1 is 1.22 bits per heavy atom. The summed E-state index contributed by atoms with van der Waals surface area (Å²) in [6, 6.07) is 8.92. The van der Waals surface area contributed by atoms with E-state index in [1.807, 2.05) is 0 Å². The predicted octanol–water partition coefficient (Wildman–Crippen LogP) is 3.21. The van der Waals surface area contributed by atoms with Crippen molar-refractivity contribution in [1.29, 1.82) is 5.26 Å². The van der Waals surface area contributed by atoms with Crippen molar-refractivity contribution in [2.24, 2.45) is 0 Å². The number of halogens is 2. The molecule has 18 heavy (non-hydrogen) atoms. The fraction of sp³-hybridized carbons (Fsp3) is 0.143. The highest BCUT2D eigenvalue weighted by molar-refractivity contribution is 5.27. The van der Waals surface area contributed by atoms with Crippen LogP contribution in [0.1, 0.15) is 17.0 Å².